The Kier molecular flexibility index (Phi) is 5.50. The van der Waals surface area contributed by atoms with Crippen molar-refractivity contribution in [2.45, 2.75) is 31.8 Å². The van der Waals surface area contributed by atoms with Gasteiger partial charge in [-0.25, -0.2) is 9.97 Å². The summed E-state index contributed by atoms with van der Waals surface area (Å²) >= 11 is 0. The average Bonchev–Trinajstić information content (AvgIpc) is 3.48. The first-order valence-corrected chi connectivity index (χ1v) is 10.9. The van der Waals surface area contributed by atoms with Crippen molar-refractivity contribution in [2.75, 3.05) is 23.7 Å². The molecule has 0 aliphatic carbocycles. The fourth-order valence-corrected chi connectivity index (χ4v) is 4.05. The van der Waals surface area contributed by atoms with Gasteiger partial charge in [-0.1, -0.05) is 30.3 Å². The number of imidazole rings is 1. The molecule has 158 valence electrons. The lowest BCUT2D eigenvalue weighted by atomic mass is 10.1. The van der Waals surface area contributed by atoms with Crippen LogP contribution in [-0.2, 0) is 0 Å². The second-order valence-electron chi connectivity index (χ2n) is 8.01. The Balaban J connectivity index is 1.33. The van der Waals surface area contributed by atoms with E-state index < -0.39 is 0 Å². The molecule has 2 aromatic carbocycles. The molecule has 4 aromatic rings. The van der Waals surface area contributed by atoms with E-state index in [1.54, 1.807) is 6.20 Å². The molecule has 0 bridgehead atoms. The number of nitrogens with zero attached hydrogens (tertiary/aromatic N) is 4. The van der Waals surface area contributed by atoms with Crippen molar-refractivity contribution in [3.8, 4) is 5.82 Å². The predicted octanol–water partition coefficient (Wildman–Crippen LogP) is 4.15. The van der Waals surface area contributed by atoms with Crippen LogP contribution in [0.5, 0.6) is 0 Å². The van der Waals surface area contributed by atoms with E-state index in [9.17, 15) is 0 Å². The van der Waals surface area contributed by atoms with Crippen LogP contribution < -0.4 is 16.0 Å². The van der Waals surface area contributed by atoms with Crippen LogP contribution in [0.3, 0.4) is 0 Å². The number of fused-ring (bicyclic) bond motifs is 1. The molecule has 0 spiro atoms. The van der Waals surface area contributed by atoms with Gasteiger partial charge in [0.2, 0.25) is 5.95 Å². The molecule has 0 radical (unpaired) electrons. The second-order valence-corrected chi connectivity index (χ2v) is 8.01. The van der Waals surface area contributed by atoms with Gasteiger partial charge in [-0.3, -0.25) is 4.57 Å². The molecular weight excluding hydrogens is 386 g/mol. The number of hydrogen-bond donors (Lipinski definition) is 3. The van der Waals surface area contributed by atoms with E-state index >= 15 is 0 Å². The van der Waals surface area contributed by atoms with Crippen LogP contribution in [0.2, 0.25) is 0 Å². The molecule has 1 aliphatic heterocycles. The molecule has 31 heavy (non-hydrogen) atoms. The fourth-order valence-electron chi connectivity index (χ4n) is 4.05. The highest BCUT2D eigenvalue weighted by Crippen LogP contribution is 2.22. The highest BCUT2D eigenvalue weighted by molar-refractivity contribution is 5.81. The number of rotatable bonds is 7. The van der Waals surface area contributed by atoms with Crippen molar-refractivity contribution in [3.05, 3.63) is 72.7 Å². The van der Waals surface area contributed by atoms with E-state index in [1.165, 1.54) is 18.4 Å². The molecule has 2 unspecified atom stereocenters. The molecule has 3 heterocycles. The summed E-state index contributed by atoms with van der Waals surface area (Å²) in [5, 5.41) is 10.4. The van der Waals surface area contributed by atoms with Crippen molar-refractivity contribution in [3.63, 3.8) is 0 Å². The van der Waals surface area contributed by atoms with E-state index in [4.69, 9.17) is 4.98 Å². The van der Waals surface area contributed by atoms with Crippen LogP contribution in [0.25, 0.3) is 16.9 Å². The molecule has 5 rings (SSSR count). The molecular formula is C24H27N7. The van der Waals surface area contributed by atoms with Gasteiger partial charge in [0.15, 0.2) is 0 Å². The van der Waals surface area contributed by atoms with Crippen molar-refractivity contribution < 1.29 is 0 Å². The maximum atomic E-state index is 4.72. The van der Waals surface area contributed by atoms with Gasteiger partial charge < -0.3 is 16.0 Å². The van der Waals surface area contributed by atoms with Crippen LogP contribution >= 0.6 is 0 Å². The van der Waals surface area contributed by atoms with Crippen LogP contribution in [0.15, 0.2) is 67.1 Å². The van der Waals surface area contributed by atoms with Gasteiger partial charge in [0.05, 0.1) is 17.1 Å². The first-order valence-electron chi connectivity index (χ1n) is 10.9. The molecule has 7 nitrogen and oxygen atoms in total. The van der Waals surface area contributed by atoms with Gasteiger partial charge in [-0.05, 0) is 56.1 Å². The molecule has 1 aliphatic rings. The van der Waals surface area contributed by atoms with E-state index in [-0.39, 0.29) is 6.04 Å². The van der Waals surface area contributed by atoms with Crippen molar-refractivity contribution in [1.29, 1.82) is 0 Å². The van der Waals surface area contributed by atoms with E-state index in [2.05, 4.69) is 63.2 Å². The molecule has 7 heteroatoms. The van der Waals surface area contributed by atoms with Gasteiger partial charge >= 0.3 is 0 Å². The Hall–Kier alpha value is -3.45. The second kappa shape index (κ2) is 8.73. The third-order valence-electron chi connectivity index (χ3n) is 5.80. The van der Waals surface area contributed by atoms with E-state index in [0.29, 0.717) is 12.0 Å². The lowest BCUT2D eigenvalue weighted by Crippen LogP contribution is -2.29. The van der Waals surface area contributed by atoms with Crippen molar-refractivity contribution >= 4 is 22.7 Å². The van der Waals surface area contributed by atoms with Gasteiger partial charge in [-0.15, -0.1) is 0 Å². The molecule has 0 saturated carbocycles. The topological polar surface area (TPSA) is 79.7 Å². The molecule has 2 atom stereocenters. The highest BCUT2D eigenvalue weighted by Gasteiger charge is 2.14. The molecule has 2 aromatic heterocycles. The van der Waals surface area contributed by atoms with Crippen LogP contribution in [0.4, 0.5) is 11.6 Å². The first-order chi connectivity index (χ1) is 15.3. The minimum absolute atomic E-state index is 0.110. The zero-order valence-electron chi connectivity index (χ0n) is 17.6. The Morgan fingerprint density at radius 3 is 2.87 bits per heavy atom. The highest BCUT2D eigenvalue weighted by atomic mass is 15.2. The average molecular weight is 414 g/mol. The zero-order chi connectivity index (χ0) is 21.0. The molecule has 0 amide bonds. The minimum Gasteiger partial charge on any atom is -0.383 e. The van der Waals surface area contributed by atoms with E-state index in [1.807, 2.05) is 35.2 Å². The Bertz CT molecular complexity index is 1150. The molecule has 1 saturated heterocycles. The number of anilines is 2. The lowest BCUT2D eigenvalue weighted by Gasteiger charge is -2.15. The normalized spacial score (nSPS) is 17.0. The smallest absolute Gasteiger partial charge is 0.225 e. The minimum atomic E-state index is 0.110. The summed E-state index contributed by atoms with van der Waals surface area (Å²) in [6.07, 6.45) is 6.09. The number of aromatic nitrogens is 4. The summed E-state index contributed by atoms with van der Waals surface area (Å²) in [5.74, 6) is 1.38. The molecule has 1 fully saturated rings. The van der Waals surface area contributed by atoms with Crippen LogP contribution in [0, 0.1) is 0 Å². The summed E-state index contributed by atoms with van der Waals surface area (Å²) in [7, 11) is 0. The fraction of sp³-hybridized carbons (Fsp3) is 0.292. The van der Waals surface area contributed by atoms with Crippen molar-refractivity contribution in [2.24, 2.45) is 0 Å². The number of nitrogens with one attached hydrogen (secondary N) is 3. The maximum Gasteiger partial charge on any atom is 0.225 e. The predicted molar refractivity (Wildman–Crippen MR) is 125 cm³/mol. The third-order valence-corrected chi connectivity index (χ3v) is 5.80. The summed E-state index contributed by atoms with van der Waals surface area (Å²) in [5.41, 5.74) is 4.24. The Morgan fingerprint density at radius 2 is 2.03 bits per heavy atom. The van der Waals surface area contributed by atoms with E-state index in [0.717, 1.165) is 35.6 Å². The molecule has 3 N–H and O–H groups in total. The van der Waals surface area contributed by atoms with Crippen LogP contribution in [0.1, 0.15) is 31.4 Å². The summed E-state index contributed by atoms with van der Waals surface area (Å²) in [4.78, 5) is 13.7. The maximum absolute atomic E-state index is 4.72. The van der Waals surface area contributed by atoms with Gasteiger partial charge in [0.25, 0.3) is 0 Å². The van der Waals surface area contributed by atoms with Crippen LogP contribution in [-0.4, -0.2) is 38.7 Å². The summed E-state index contributed by atoms with van der Waals surface area (Å²) < 4.78 is 2.00. The third kappa shape index (κ3) is 4.36. The quantitative estimate of drug-likeness (QED) is 0.422. The zero-order valence-corrected chi connectivity index (χ0v) is 17.6. The number of benzene rings is 2. The van der Waals surface area contributed by atoms with Gasteiger partial charge in [-0.2, -0.15) is 4.98 Å². The SMILES string of the molecule is CC(Nc1nccc(-n2cnc3cc(NCC4CCCN4)ccc32)n1)c1ccccc1. The first kappa shape index (κ1) is 19.5. The Morgan fingerprint density at radius 1 is 1.13 bits per heavy atom. The standard InChI is InChI=1S/C24H27N7/c1-17(18-6-3-2-4-7-18)29-24-26-13-11-23(30-24)31-16-28-21-14-19(9-10-22(21)31)27-15-20-8-5-12-25-20/h2-4,6-7,9-11,13-14,16-17,20,25,27H,5,8,12,15H2,1H3,(H,26,29,30). The summed E-state index contributed by atoms with van der Waals surface area (Å²) in [6.45, 7) is 4.16. The Labute approximate surface area is 182 Å². The largest absolute Gasteiger partial charge is 0.383 e. The lowest BCUT2D eigenvalue weighted by molar-refractivity contribution is 0.633. The number of hydrogen-bond acceptors (Lipinski definition) is 6. The van der Waals surface area contributed by atoms with Gasteiger partial charge in [0, 0.05) is 24.5 Å². The summed E-state index contributed by atoms with van der Waals surface area (Å²) in [6, 6.07) is 19.1. The van der Waals surface area contributed by atoms with Gasteiger partial charge in [0.1, 0.15) is 12.1 Å². The van der Waals surface area contributed by atoms with Crippen molar-refractivity contribution in [1.82, 2.24) is 24.8 Å². The monoisotopic (exact) mass is 413 g/mol.